The molecule has 0 aliphatic carbocycles. The first-order chi connectivity index (χ1) is 12.2. The predicted molar refractivity (Wildman–Crippen MR) is 84.7 cm³/mol. The van der Waals surface area contributed by atoms with Gasteiger partial charge in [-0.2, -0.15) is 13.2 Å². The molecule has 0 saturated carbocycles. The number of hydrogen-bond acceptors (Lipinski definition) is 4. The fraction of sp³-hybridized carbons (Fsp3) is 0.176. The molecule has 26 heavy (non-hydrogen) atoms. The predicted octanol–water partition coefficient (Wildman–Crippen LogP) is 3.38. The number of alkyl halides is 3. The van der Waals surface area contributed by atoms with Crippen LogP contribution in [-0.2, 0) is 16.2 Å². The topological polar surface area (TPSA) is 73.9 Å². The van der Waals surface area contributed by atoms with Crippen LogP contribution < -0.4 is 5.73 Å². The van der Waals surface area contributed by atoms with Crippen molar-refractivity contribution in [2.75, 3.05) is 6.61 Å². The highest BCUT2D eigenvalue weighted by Gasteiger charge is 2.27. The van der Waals surface area contributed by atoms with Gasteiger partial charge < -0.3 is 15.3 Å². The Balaban J connectivity index is 1.97. The Morgan fingerprint density at radius 3 is 2.42 bits per heavy atom. The van der Waals surface area contributed by atoms with Gasteiger partial charge in [-0.05, 0) is 42.0 Å². The molecular formula is C17H14F4N2O3. The molecule has 0 amide bonds. The molecular weight excluding hydrogens is 356 g/mol. The van der Waals surface area contributed by atoms with Gasteiger partial charge in [0.1, 0.15) is 12.4 Å². The molecule has 2 aromatic rings. The zero-order chi connectivity index (χ0) is 19.2. The Morgan fingerprint density at radius 2 is 1.77 bits per heavy atom. The van der Waals surface area contributed by atoms with Crippen molar-refractivity contribution >= 4 is 11.8 Å². The molecule has 2 aromatic carbocycles. The number of hydrogen-bond donors (Lipinski definition) is 1. The van der Waals surface area contributed by atoms with Gasteiger partial charge in [0.2, 0.25) is 0 Å². The van der Waals surface area contributed by atoms with E-state index >= 15 is 0 Å². The van der Waals surface area contributed by atoms with Crippen molar-refractivity contribution in [3.05, 3.63) is 71.0 Å². The van der Waals surface area contributed by atoms with Crippen LogP contribution in [-0.4, -0.2) is 24.6 Å². The molecule has 0 atom stereocenters. The largest absolute Gasteiger partial charge is 0.411 e. The lowest BCUT2D eigenvalue weighted by Gasteiger charge is -2.08. The minimum atomic E-state index is -4.43. The molecule has 0 aliphatic rings. The summed E-state index contributed by atoms with van der Waals surface area (Å²) in [6.07, 6.45) is -4.43. The van der Waals surface area contributed by atoms with Gasteiger partial charge in [0.05, 0.1) is 12.2 Å². The molecule has 5 nitrogen and oxygen atoms in total. The molecule has 0 radical (unpaired) electrons. The number of carbonyl (C=O) groups excluding carboxylic acids is 1. The maximum atomic E-state index is 12.8. The van der Waals surface area contributed by atoms with E-state index in [1.807, 2.05) is 0 Å². The Labute approximate surface area is 146 Å². The molecule has 0 fully saturated rings. The van der Waals surface area contributed by atoms with Crippen LogP contribution in [0.15, 0.2) is 53.7 Å². The summed E-state index contributed by atoms with van der Waals surface area (Å²) in [4.78, 5) is 16.7. The highest BCUT2D eigenvalue weighted by atomic mass is 19.4. The number of nitrogens with two attached hydrogens (primary N) is 1. The van der Waals surface area contributed by atoms with Crippen LogP contribution in [0.1, 0.15) is 21.5 Å². The summed E-state index contributed by atoms with van der Waals surface area (Å²) >= 11 is 0. The molecule has 0 unspecified atom stereocenters. The number of nitrogens with zero attached hydrogens (tertiary/aromatic N) is 1. The molecule has 2 N–H and O–H groups in total. The molecule has 0 bridgehead atoms. The highest BCUT2D eigenvalue weighted by molar-refractivity contribution is 5.98. The van der Waals surface area contributed by atoms with Crippen LogP contribution in [0.25, 0.3) is 0 Å². The van der Waals surface area contributed by atoms with Crippen LogP contribution in [0.4, 0.5) is 17.6 Å². The highest BCUT2D eigenvalue weighted by Crippen LogP contribution is 2.16. The van der Waals surface area contributed by atoms with Gasteiger partial charge in [0.25, 0.3) is 0 Å². The van der Waals surface area contributed by atoms with Crippen molar-refractivity contribution in [2.24, 2.45) is 10.9 Å². The van der Waals surface area contributed by atoms with E-state index in [1.165, 1.54) is 48.5 Å². The fourth-order valence-corrected chi connectivity index (χ4v) is 1.89. The number of rotatable bonds is 6. The lowest BCUT2D eigenvalue weighted by Crippen LogP contribution is -2.17. The van der Waals surface area contributed by atoms with Gasteiger partial charge in [0.15, 0.2) is 5.84 Å². The van der Waals surface area contributed by atoms with E-state index in [0.29, 0.717) is 11.1 Å². The lowest BCUT2D eigenvalue weighted by atomic mass is 10.1. The van der Waals surface area contributed by atoms with Crippen LogP contribution in [0.3, 0.4) is 0 Å². The standard InChI is InChI=1S/C17H14F4N2O3/c18-14-6-4-12(5-7-14)15(22)23-26-16(24)13-3-1-2-11(8-13)9-25-10-17(19,20)21/h1-8H,9-10H2,(H2,22,23). The quantitative estimate of drug-likeness (QED) is 0.278. The molecule has 2 rings (SSSR count). The molecule has 0 aromatic heterocycles. The smallest absolute Gasteiger partial charge is 0.380 e. The van der Waals surface area contributed by atoms with E-state index in [0.717, 1.165) is 0 Å². The minimum Gasteiger partial charge on any atom is -0.380 e. The van der Waals surface area contributed by atoms with Crippen molar-refractivity contribution in [3.63, 3.8) is 0 Å². The fourth-order valence-electron chi connectivity index (χ4n) is 1.89. The maximum Gasteiger partial charge on any atom is 0.411 e. The number of halogens is 4. The summed E-state index contributed by atoms with van der Waals surface area (Å²) in [5.74, 6) is -1.45. The molecule has 0 heterocycles. The van der Waals surface area contributed by atoms with Gasteiger partial charge in [0, 0.05) is 5.56 Å². The summed E-state index contributed by atoms with van der Waals surface area (Å²) < 4.78 is 53.5. The summed E-state index contributed by atoms with van der Waals surface area (Å²) in [6, 6.07) is 10.8. The van der Waals surface area contributed by atoms with Crippen LogP contribution in [0.2, 0.25) is 0 Å². The summed E-state index contributed by atoms with van der Waals surface area (Å²) in [5, 5.41) is 3.47. The van der Waals surface area contributed by atoms with Gasteiger partial charge in [-0.25, -0.2) is 9.18 Å². The molecule has 0 aliphatic heterocycles. The Bertz CT molecular complexity index is 789. The number of oxime groups is 1. The zero-order valence-corrected chi connectivity index (χ0v) is 13.3. The first kappa shape index (κ1) is 19.4. The lowest BCUT2D eigenvalue weighted by molar-refractivity contribution is -0.176. The third kappa shape index (κ3) is 6.17. The second-order valence-corrected chi connectivity index (χ2v) is 5.17. The molecule has 138 valence electrons. The SMILES string of the molecule is N/C(=N\OC(=O)c1cccc(COCC(F)(F)F)c1)c1ccc(F)cc1. The van der Waals surface area contributed by atoms with Gasteiger partial charge >= 0.3 is 12.1 Å². The Morgan fingerprint density at radius 1 is 1.08 bits per heavy atom. The van der Waals surface area contributed by atoms with Gasteiger partial charge in [-0.3, -0.25) is 0 Å². The average Bonchev–Trinajstić information content (AvgIpc) is 2.59. The summed E-state index contributed by atoms with van der Waals surface area (Å²) in [7, 11) is 0. The summed E-state index contributed by atoms with van der Waals surface area (Å²) in [6.45, 7) is -1.71. The number of ether oxygens (including phenoxy) is 1. The van der Waals surface area contributed by atoms with Gasteiger partial charge in [-0.1, -0.05) is 17.3 Å². The van der Waals surface area contributed by atoms with E-state index < -0.39 is 24.6 Å². The Hall–Kier alpha value is -2.94. The number of amidine groups is 1. The van der Waals surface area contributed by atoms with Crippen molar-refractivity contribution in [2.45, 2.75) is 12.8 Å². The first-order valence-corrected chi connectivity index (χ1v) is 7.29. The van der Waals surface area contributed by atoms with E-state index in [1.54, 1.807) is 0 Å². The van der Waals surface area contributed by atoms with Crippen molar-refractivity contribution in [1.29, 1.82) is 0 Å². The second-order valence-electron chi connectivity index (χ2n) is 5.17. The van der Waals surface area contributed by atoms with Crippen molar-refractivity contribution in [1.82, 2.24) is 0 Å². The van der Waals surface area contributed by atoms with E-state index in [-0.39, 0.29) is 18.0 Å². The maximum absolute atomic E-state index is 12.8. The zero-order valence-electron chi connectivity index (χ0n) is 13.3. The van der Waals surface area contributed by atoms with Crippen LogP contribution >= 0.6 is 0 Å². The van der Waals surface area contributed by atoms with Crippen molar-refractivity contribution in [3.8, 4) is 0 Å². The monoisotopic (exact) mass is 370 g/mol. The number of benzene rings is 2. The first-order valence-electron chi connectivity index (χ1n) is 7.29. The van der Waals surface area contributed by atoms with E-state index in [2.05, 4.69) is 9.89 Å². The normalized spacial score (nSPS) is 12.1. The average molecular weight is 370 g/mol. The van der Waals surface area contributed by atoms with Crippen molar-refractivity contribution < 1.29 is 31.9 Å². The van der Waals surface area contributed by atoms with Gasteiger partial charge in [-0.15, -0.1) is 0 Å². The Kier molecular flexibility index (Phi) is 6.29. The minimum absolute atomic E-state index is 0.0637. The summed E-state index contributed by atoms with van der Waals surface area (Å²) in [5.41, 5.74) is 6.41. The third-order valence-electron chi connectivity index (χ3n) is 3.06. The van der Waals surface area contributed by atoms with E-state index in [9.17, 15) is 22.4 Å². The van der Waals surface area contributed by atoms with E-state index in [4.69, 9.17) is 10.6 Å². The third-order valence-corrected chi connectivity index (χ3v) is 3.06. The molecule has 0 spiro atoms. The van der Waals surface area contributed by atoms with Crippen LogP contribution in [0, 0.1) is 5.82 Å². The number of carbonyl (C=O) groups is 1. The second kappa shape index (κ2) is 8.43. The van der Waals surface area contributed by atoms with Crippen LogP contribution in [0.5, 0.6) is 0 Å². The molecule has 0 saturated heterocycles. The molecule has 9 heteroatoms.